The second-order valence-electron chi connectivity index (χ2n) is 5.30. The summed E-state index contributed by atoms with van der Waals surface area (Å²) in [6, 6.07) is 3.54. The van der Waals surface area contributed by atoms with E-state index in [0.29, 0.717) is 33.9 Å². The lowest BCUT2D eigenvalue weighted by molar-refractivity contribution is 0.100. The Morgan fingerprint density at radius 3 is 2.68 bits per heavy atom. The number of carbonyl (C=O) groups is 1. The average molecular weight is 282 g/mol. The monoisotopic (exact) mass is 281 g/mol. The molecule has 1 aliphatic carbocycles. The van der Waals surface area contributed by atoms with Crippen LogP contribution < -0.4 is 16.8 Å². The Bertz CT molecular complexity index is 490. The van der Waals surface area contributed by atoms with Gasteiger partial charge in [0.05, 0.1) is 16.3 Å². The third-order valence-corrected chi connectivity index (χ3v) is 4.12. The van der Waals surface area contributed by atoms with Crippen LogP contribution in [-0.4, -0.2) is 11.9 Å². The first-order valence-corrected chi connectivity index (χ1v) is 7.02. The highest BCUT2D eigenvalue weighted by Gasteiger charge is 2.23. The number of hydrogen-bond donors (Lipinski definition) is 3. The molecule has 104 valence electrons. The zero-order valence-electron chi connectivity index (χ0n) is 11.1. The number of carbonyl (C=O) groups excluding carboxylic acids is 1. The van der Waals surface area contributed by atoms with Crippen LogP contribution in [0.4, 0.5) is 11.4 Å². The number of nitrogens with two attached hydrogens (primary N) is 2. The fraction of sp³-hybridized carbons (Fsp3) is 0.500. The van der Waals surface area contributed by atoms with Gasteiger partial charge in [-0.3, -0.25) is 4.79 Å². The molecule has 4 nitrogen and oxygen atoms in total. The van der Waals surface area contributed by atoms with Crippen LogP contribution in [0, 0.1) is 5.92 Å². The normalized spacial score (nSPS) is 23.1. The van der Waals surface area contributed by atoms with Gasteiger partial charge in [-0.25, -0.2) is 0 Å². The molecule has 2 rings (SSSR count). The van der Waals surface area contributed by atoms with Crippen LogP contribution in [0.1, 0.15) is 43.0 Å². The Labute approximate surface area is 118 Å². The Morgan fingerprint density at radius 1 is 1.37 bits per heavy atom. The second-order valence-corrected chi connectivity index (χ2v) is 5.71. The predicted molar refractivity (Wildman–Crippen MR) is 79.4 cm³/mol. The van der Waals surface area contributed by atoms with Gasteiger partial charge in [-0.15, -0.1) is 0 Å². The van der Waals surface area contributed by atoms with Crippen LogP contribution in [-0.2, 0) is 0 Å². The van der Waals surface area contributed by atoms with Crippen molar-refractivity contribution in [2.24, 2.45) is 11.7 Å². The highest BCUT2D eigenvalue weighted by molar-refractivity contribution is 6.34. The molecule has 1 saturated carbocycles. The van der Waals surface area contributed by atoms with Gasteiger partial charge < -0.3 is 16.8 Å². The van der Waals surface area contributed by atoms with E-state index in [1.807, 2.05) is 0 Å². The van der Waals surface area contributed by atoms with Crippen LogP contribution in [0.25, 0.3) is 0 Å². The molecule has 5 N–H and O–H groups in total. The summed E-state index contributed by atoms with van der Waals surface area (Å²) in [5, 5.41) is 3.84. The van der Waals surface area contributed by atoms with Gasteiger partial charge in [0.25, 0.3) is 5.91 Å². The highest BCUT2D eigenvalue weighted by atomic mass is 35.5. The summed E-state index contributed by atoms with van der Waals surface area (Å²) < 4.78 is 0. The highest BCUT2D eigenvalue weighted by Crippen LogP contribution is 2.33. The zero-order chi connectivity index (χ0) is 14.0. The van der Waals surface area contributed by atoms with Crippen LogP contribution in [0.15, 0.2) is 12.1 Å². The fourth-order valence-electron chi connectivity index (χ4n) is 2.68. The van der Waals surface area contributed by atoms with Gasteiger partial charge in [0.2, 0.25) is 0 Å². The lowest BCUT2D eigenvalue weighted by Gasteiger charge is -2.31. The van der Waals surface area contributed by atoms with Gasteiger partial charge in [0.15, 0.2) is 0 Å². The number of hydrogen-bond acceptors (Lipinski definition) is 3. The molecule has 5 heteroatoms. The largest absolute Gasteiger partial charge is 0.399 e. The van der Waals surface area contributed by atoms with E-state index in [1.165, 1.54) is 19.3 Å². The van der Waals surface area contributed by atoms with Crippen molar-refractivity contribution in [3.8, 4) is 0 Å². The Hall–Kier alpha value is -1.42. The lowest BCUT2D eigenvalue weighted by Crippen LogP contribution is -2.31. The zero-order valence-corrected chi connectivity index (χ0v) is 11.8. The van der Waals surface area contributed by atoms with E-state index in [4.69, 9.17) is 23.1 Å². The van der Waals surface area contributed by atoms with Gasteiger partial charge in [0, 0.05) is 11.7 Å². The van der Waals surface area contributed by atoms with Gasteiger partial charge in [-0.05, 0) is 30.9 Å². The molecular weight excluding hydrogens is 262 g/mol. The third kappa shape index (κ3) is 3.13. The molecule has 1 aromatic carbocycles. The minimum atomic E-state index is -0.514. The van der Waals surface area contributed by atoms with Crippen molar-refractivity contribution in [3.05, 3.63) is 22.7 Å². The molecule has 1 amide bonds. The third-order valence-electron chi connectivity index (χ3n) is 3.82. The number of rotatable bonds is 3. The minimum absolute atomic E-state index is 0.327. The maximum absolute atomic E-state index is 11.5. The number of nitrogen functional groups attached to an aromatic ring is 1. The minimum Gasteiger partial charge on any atom is -0.399 e. The first-order valence-electron chi connectivity index (χ1n) is 6.64. The summed E-state index contributed by atoms with van der Waals surface area (Å²) in [5.74, 6) is 0.0447. The maximum Gasteiger partial charge on any atom is 0.250 e. The summed E-state index contributed by atoms with van der Waals surface area (Å²) in [6.07, 6.45) is 4.73. The lowest BCUT2D eigenvalue weighted by atomic mass is 9.85. The van der Waals surface area contributed by atoms with Gasteiger partial charge >= 0.3 is 0 Å². The summed E-state index contributed by atoms with van der Waals surface area (Å²) in [6.45, 7) is 2.21. The van der Waals surface area contributed by atoms with E-state index in [2.05, 4.69) is 12.2 Å². The number of halogens is 1. The van der Waals surface area contributed by atoms with Crippen LogP contribution in [0.2, 0.25) is 5.02 Å². The first kappa shape index (κ1) is 14.0. The molecule has 1 fully saturated rings. The first-order chi connectivity index (χ1) is 8.99. The molecule has 0 saturated heterocycles. The average Bonchev–Trinajstić information content (AvgIpc) is 2.34. The van der Waals surface area contributed by atoms with E-state index in [9.17, 15) is 4.79 Å². The van der Waals surface area contributed by atoms with Crippen LogP contribution >= 0.6 is 11.6 Å². The van der Waals surface area contributed by atoms with Crippen molar-refractivity contribution < 1.29 is 4.79 Å². The number of primary amides is 1. The summed E-state index contributed by atoms with van der Waals surface area (Å²) in [4.78, 5) is 11.5. The SMILES string of the molecule is CC1CCCCC1Nc1c(Cl)cc(N)cc1C(N)=O. The molecule has 1 aromatic rings. The Balaban J connectivity index is 2.30. The van der Waals surface area contributed by atoms with Gasteiger partial charge in [-0.1, -0.05) is 31.4 Å². The molecule has 0 aromatic heterocycles. The van der Waals surface area contributed by atoms with Crippen LogP contribution in [0.5, 0.6) is 0 Å². The Morgan fingerprint density at radius 2 is 2.05 bits per heavy atom. The number of nitrogens with one attached hydrogen (secondary N) is 1. The second kappa shape index (κ2) is 5.70. The smallest absolute Gasteiger partial charge is 0.250 e. The molecule has 0 heterocycles. The quantitative estimate of drug-likeness (QED) is 0.745. The molecule has 2 unspecified atom stereocenters. The van der Waals surface area contributed by atoms with Crippen molar-refractivity contribution in [1.82, 2.24) is 0 Å². The summed E-state index contributed by atoms with van der Waals surface area (Å²) >= 11 is 6.20. The predicted octanol–water partition coefficient (Wildman–Crippen LogP) is 3.01. The van der Waals surface area contributed by atoms with Crippen LogP contribution in [0.3, 0.4) is 0 Å². The molecule has 1 aliphatic rings. The molecular formula is C14H20ClN3O. The molecule has 0 aliphatic heterocycles. The van der Waals surface area contributed by atoms with Crippen molar-refractivity contribution in [1.29, 1.82) is 0 Å². The van der Waals surface area contributed by atoms with Gasteiger partial charge in [0.1, 0.15) is 0 Å². The molecule has 0 radical (unpaired) electrons. The topological polar surface area (TPSA) is 81.1 Å². The van der Waals surface area contributed by atoms with E-state index in [-0.39, 0.29) is 0 Å². The standard InChI is InChI=1S/C14H20ClN3O/c1-8-4-2-3-5-12(8)18-13-10(14(17)19)6-9(16)7-11(13)15/h6-8,12,18H,2-5,16H2,1H3,(H2,17,19). The van der Waals surface area contributed by atoms with Crippen molar-refractivity contribution in [3.63, 3.8) is 0 Å². The Kier molecular flexibility index (Phi) is 4.20. The number of benzene rings is 1. The molecule has 2 atom stereocenters. The summed E-state index contributed by atoms with van der Waals surface area (Å²) in [5.41, 5.74) is 12.5. The van der Waals surface area contributed by atoms with E-state index in [1.54, 1.807) is 12.1 Å². The fourth-order valence-corrected chi connectivity index (χ4v) is 2.97. The van der Waals surface area contributed by atoms with Gasteiger partial charge in [-0.2, -0.15) is 0 Å². The molecule has 0 bridgehead atoms. The molecule has 0 spiro atoms. The van der Waals surface area contributed by atoms with E-state index < -0.39 is 5.91 Å². The van der Waals surface area contributed by atoms with Crippen molar-refractivity contribution in [2.75, 3.05) is 11.1 Å². The van der Waals surface area contributed by atoms with E-state index in [0.717, 1.165) is 6.42 Å². The van der Waals surface area contributed by atoms with Crippen molar-refractivity contribution in [2.45, 2.75) is 38.6 Å². The number of anilines is 2. The molecule has 19 heavy (non-hydrogen) atoms. The maximum atomic E-state index is 11.5. The van der Waals surface area contributed by atoms with Crippen molar-refractivity contribution >= 4 is 28.9 Å². The summed E-state index contributed by atoms with van der Waals surface area (Å²) in [7, 11) is 0. The van der Waals surface area contributed by atoms with E-state index >= 15 is 0 Å². The number of amides is 1.